The highest BCUT2D eigenvalue weighted by atomic mass is 16.6. The number of rotatable bonds is 9. The summed E-state index contributed by atoms with van der Waals surface area (Å²) in [5.74, 6) is -1.11. The molecule has 0 aromatic carbocycles. The van der Waals surface area contributed by atoms with Crippen LogP contribution >= 0.6 is 0 Å². The Morgan fingerprint density at radius 3 is 1.83 bits per heavy atom. The maximum atomic E-state index is 12.1. The van der Waals surface area contributed by atoms with E-state index in [1.165, 1.54) is 7.11 Å². The second-order valence-electron chi connectivity index (χ2n) is 4.06. The number of ether oxygens (including phenoxy) is 3. The number of carbonyl (C=O) groups excluding carboxylic acids is 2. The summed E-state index contributed by atoms with van der Waals surface area (Å²) < 4.78 is 15.0. The molecule has 0 aliphatic rings. The van der Waals surface area contributed by atoms with E-state index in [-0.39, 0.29) is 19.8 Å². The Labute approximate surface area is 109 Å². The average molecular weight is 260 g/mol. The third-order valence-corrected chi connectivity index (χ3v) is 2.68. The molecule has 0 atom stereocenters. The topological polar surface area (TPSA) is 61.8 Å². The maximum Gasteiger partial charge on any atom is 0.325 e. The van der Waals surface area contributed by atoms with Crippen molar-refractivity contribution in [3.8, 4) is 0 Å². The van der Waals surface area contributed by atoms with Crippen molar-refractivity contribution in [1.29, 1.82) is 0 Å². The fourth-order valence-electron chi connectivity index (χ4n) is 1.74. The van der Waals surface area contributed by atoms with Crippen LogP contribution in [0.15, 0.2) is 0 Å². The largest absolute Gasteiger partial charge is 0.465 e. The average Bonchev–Trinajstić information content (AvgIpc) is 2.35. The molecule has 0 aliphatic heterocycles. The van der Waals surface area contributed by atoms with E-state index < -0.39 is 17.4 Å². The van der Waals surface area contributed by atoms with E-state index in [4.69, 9.17) is 14.2 Å². The number of unbranched alkanes of at least 4 members (excludes halogenated alkanes) is 1. The van der Waals surface area contributed by atoms with Crippen molar-refractivity contribution in [3.05, 3.63) is 0 Å². The van der Waals surface area contributed by atoms with Crippen molar-refractivity contribution in [2.75, 3.05) is 26.9 Å². The third-order valence-electron chi connectivity index (χ3n) is 2.68. The summed E-state index contributed by atoms with van der Waals surface area (Å²) in [5, 5.41) is 0. The molecule has 0 saturated heterocycles. The summed E-state index contributed by atoms with van der Waals surface area (Å²) in [6.07, 6.45) is 2.00. The van der Waals surface area contributed by atoms with Gasteiger partial charge in [-0.25, -0.2) is 0 Å². The highest BCUT2D eigenvalue weighted by Crippen LogP contribution is 2.29. The summed E-state index contributed by atoms with van der Waals surface area (Å²) in [7, 11) is 1.46. The molecule has 0 bridgehead atoms. The van der Waals surface area contributed by atoms with Gasteiger partial charge in [0.05, 0.1) is 19.8 Å². The minimum absolute atomic E-state index is 0.00926. The predicted molar refractivity (Wildman–Crippen MR) is 67.1 cm³/mol. The van der Waals surface area contributed by atoms with Gasteiger partial charge in [-0.2, -0.15) is 0 Å². The van der Waals surface area contributed by atoms with Gasteiger partial charge in [0.1, 0.15) is 0 Å². The van der Waals surface area contributed by atoms with Crippen LogP contribution in [0.4, 0.5) is 0 Å². The molecule has 0 aromatic heterocycles. The summed E-state index contributed by atoms with van der Waals surface area (Å²) in [5.41, 5.74) is -1.32. The number of hydrogen-bond donors (Lipinski definition) is 0. The number of hydrogen-bond acceptors (Lipinski definition) is 5. The summed E-state index contributed by atoms with van der Waals surface area (Å²) in [6, 6.07) is 0. The van der Waals surface area contributed by atoms with Crippen LogP contribution in [-0.4, -0.2) is 38.9 Å². The molecule has 0 spiro atoms. The van der Waals surface area contributed by atoms with Gasteiger partial charge in [0.2, 0.25) is 0 Å². The lowest BCUT2D eigenvalue weighted by Gasteiger charge is -2.28. The molecule has 0 aromatic rings. The van der Waals surface area contributed by atoms with Crippen molar-refractivity contribution in [1.82, 2.24) is 0 Å². The molecule has 0 unspecified atom stereocenters. The van der Waals surface area contributed by atoms with Crippen molar-refractivity contribution >= 4 is 11.9 Å². The Morgan fingerprint density at radius 2 is 1.50 bits per heavy atom. The lowest BCUT2D eigenvalue weighted by molar-refractivity contribution is -0.177. The zero-order chi connectivity index (χ0) is 14.0. The van der Waals surface area contributed by atoms with E-state index in [9.17, 15) is 9.59 Å². The number of methoxy groups -OCH3 is 1. The van der Waals surface area contributed by atoms with Gasteiger partial charge in [-0.05, 0) is 20.3 Å². The Bertz CT molecular complexity index is 244. The smallest absolute Gasteiger partial charge is 0.325 e. The minimum Gasteiger partial charge on any atom is -0.465 e. The Balaban J connectivity index is 5.12. The first-order valence-corrected chi connectivity index (χ1v) is 6.42. The molecule has 0 heterocycles. The molecule has 0 radical (unpaired) electrons. The summed E-state index contributed by atoms with van der Waals surface area (Å²) in [4.78, 5) is 24.1. The minimum atomic E-state index is -1.32. The zero-order valence-corrected chi connectivity index (χ0v) is 11.8. The van der Waals surface area contributed by atoms with Crippen LogP contribution in [0.2, 0.25) is 0 Å². The molecule has 0 amide bonds. The monoisotopic (exact) mass is 260 g/mol. The molecule has 5 heteroatoms. The molecule has 0 fully saturated rings. The molecule has 18 heavy (non-hydrogen) atoms. The van der Waals surface area contributed by atoms with Gasteiger partial charge in [-0.3, -0.25) is 9.59 Å². The van der Waals surface area contributed by atoms with Crippen molar-refractivity contribution in [3.63, 3.8) is 0 Å². The van der Waals surface area contributed by atoms with Gasteiger partial charge in [0.25, 0.3) is 0 Å². The van der Waals surface area contributed by atoms with Crippen LogP contribution in [0.5, 0.6) is 0 Å². The first-order valence-electron chi connectivity index (χ1n) is 6.42. The molecule has 0 N–H and O–H groups in total. The normalized spacial score (nSPS) is 11.1. The molecular weight excluding hydrogens is 236 g/mol. The lowest BCUT2D eigenvalue weighted by Crippen LogP contribution is -2.45. The van der Waals surface area contributed by atoms with Crippen LogP contribution in [-0.2, 0) is 23.8 Å². The quantitative estimate of drug-likeness (QED) is 0.468. The SMILES string of the molecule is CCCCC(COC)(C(=O)OCC)C(=O)OCC. The van der Waals surface area contributed by atoms with Gasteiger partial charge in [-0.15, -0.1) is 0 Å². The first kappa shape index (κ1) is 16.9. The Kier molecular flexibility index (Phi) is 8.37. The Morgan fingerprint density at radius 1 is 1.00 bits per heavy atom. The summed E-state index contributed by atoms with van der Waals surface area (Å²) in [6.45, 7) is 5.87. The lowest BCUT2D eigenvalue weighted by atomic mass is 9.83. The molecule has 0 saturated carbocycles. The zero-order valence-electron chi connectivity index (χ0n) is 11.8. The Hall–Kier alpha value is -1.10. The highest BCUT2D eigenvalue weighted by molar-refractivity contribution is 6.00. The second kappa shape index (κ2) is 8.91. The first-order chi connectivity index (χ1) is 8.58. The maximum absolute atomic E-state index is 12.1. The number of esters is 2. The third kappa shape index (κ3) is 4.29. The van der Waals surface area contributed by atoms with E-state index in [1.54, 1.807) is 13.8 Å². The van der Waals surface area contributed by atoms with Crippen molar-refractivity contribution in [2.45, 2.75) is 40.0 Å². The predicted octanol–water partition coefficient (Wildman–Crippen LogP) is 1.94. The fourth-order valence-corrected chi connectivity index (χ4v) is 1.74. The highest BCUT2D eigenvalue weighted by Gasteiger charge is 2.48. The van der Waals surface area contributed by atoms with Gasteiger partial charge >= 0.3 is 11.9 Å². The van der Waals surface area contributed by atoms with Crippen molar-refractivity contribution in [2.24, 2.45) is 5.41 Å². The number of carbonyl (C=O) groups is 2. The van der Waals surface area contributed by atoms with Crippen LogP contribution < -0.4 is 0 Å². The van der Waals surface area contributed by atoms with Crippen LogP contribution in [0.25, 0.3) is 0 Å². The summed E-state index contributed by atoms with van der Waals surface area (Å²) >= 11 is 0. The second-order valence-corrected chi connectivity index (χ2v) is 4.06. The van der Waals surface area contributed by atoms with E-state index in [1.807, 2.05) is 6.92 Å². The van der Waals surface area contributed by atoms with Crippen LogP contribution in [0, 0.1) is 5.41 Å². The van der Waals surface area contributed by atoms with E-state index in [0.29, 0.717) is 6.42 Å². The van der Waals surface area contributed by atoms with E-state index in [0.717, 1.165) is 12.8 Å². The van der Waals surface area contributed by atoms with Gasteiger partial charge in [-0.1, -0.05) is 19.8 Å². The molecule has 106 valence electrons. The van der Waals surface area contributed by atoms with Crippen LogP contribution in [0.1, 0.15) is 40.0 Å². The molecule has 0 aliphatic carbocycles. The standard InChI is InChI=1S/C13H24O5/c1-5-8-9-13(10-16-4,11(14)17-6-2)12(15)18-7-3/h5-10H2,1-4H3. The fraction of sp³-hybridized carbons (Fsp3) is 0.846. The van der Waals surface area contributed by atoms with E-state index in [2.05, 4.69) is 0 Å². The van der Waals surface area contributed by atoms with Crippen LogP contribution in [0.3, 0.4) is 0 Å². The molecular formula is C13H24O5. The van der Waals surface area contributed by atoms with E-state index >= 15 is 0 Å². The van der Waals surface area contributed by atoms with Gasteiger partial charge in [0.15, 0.2) is 5.41 Å². The molecule has 0 rings (SSSR count). The molecule has 5 nitrogen and oxygen atoms in total. The van der Waals surface area contributed by atoms with Gasteiger partial charge in [0, 0.05) is 7.11 Å². The van der Waals surface area contributed by atoms with Gasteiger partial charge < -0.3 is 14.2 Å². The van der Waals surface area contributed by atoms with Crippen molar-refractivity contribution < 1.29 is 23.8 Å².